The SMILES string of the molecule is [2H]C([2H])([2H])c1c[c-]c(-c2cc(CC(C)C)[c]([Ge]([CH3])([CH3])[CH3])cn2)c(F)c1.[2H]C([2H])([2H])c1ccc2c(n1)sc1c(-c3cc(C([2H])([2H])[2H])c(-c4ccccc4)cn3)[c-]ccc12.[Ir]. The number of rotatable bonds is 6. The molecule has 0 unspecified atom stereocenters. The molecule has 0 aliphatic carbocycles. The van der Waals surface area contributed by atoms with E-state index in [1.165, 1.54) is 33.4 Å². The van der Waals surface area contributed by atoms with Crippen LogP contribution in [0.1, 0.15) is 48.6 Å². The van der Waals surface area contributed by atoms with Gasteiger partial charge in [0, 0.05) is 45.8 Å². The fourth-order valence-corrected chi connectivity index (χ4v) is 10.3. The summed E-state index contributed by atoms with van der Waals surface area (Å²) in [6.07, 6.45) is 4.40. The van der Waals surface area contributed by atoms with Gasteiger partial charge in [-0.25, -0.2) is 4.98 Å². The van der Waals surface area contributed by atoms with Crippen molar-refractivity contribution in [3.63, 3.8) is 0 Å². The van der Waals surface area contributed by atoms with Crippen LogP contribution in [0.15, 0.2) is 91.3 Å². The standard InChI is InChI=1S/C24H17N2S.C19H25FGeN.Ir/c1-15-13-22(25-14-21(15)17-7-4-3-5-8-17)20-10-6-9-18-19-12-11-16(2)26-24(19)27-23(18)20;1-13(2)9-15-11-19(22-12-18(15)21(4,5)6)16-8-7-14(3)10-17(16)20;/h3-9,11-14H,1-2H3;7,10-13H,9H2,1-6H3;/q2*-1;/i1D3,2D3;3D3;. The molecule has 4 aromatic heterocycles. The molecular formula is C43H42FGeIrN3S-2. The fraction of sp³-hybridized carbons (Fsp3) is 0.233. The van der Waals surface area contributed by atoms with Gasteiger partial charge in [-0.3, -0.25) is 0 Å². The van der Waals surface area contributed by atoms with Crippen LogP contribution in [0.3, 0.4) is 0 Å². The molecule has 7 heteroatoms. The van der Waals surface area contributed by atoms with Crippen molar-refractivity contribution in [2.24, 2.45) is 5.92 Å². The molecule has 0 fully saturated rings. The van der Waals surface area contributed by atoms with Crippen LogP contribution in [-0.2, 0) is 26.5 Å². The van der Waals surface area contributed by atoms with Gasteiger partial charge in [-0.1, -0.05) is 47.9 Å². The Balaban J connectivity index is 0.000000230. The number of hydrogen-bond donors (Lipinski definition) is 0. The van der Waals surface area contributed by atoms with Crippen LogP contribution < -0.4 is 4.40 Å². The largest absolute Gasteiger partial charge is 0.304 e. The number of aromatic nitrogens is 3. The topological polar surface area (TPSA) is 38.7 Å². The van der Waals surface area contributed by atoms with E-state index in [-0.39, 0.29) is 42.5 Å². The first-order valence-corrected chi connectivity index (χ1v) is 24.2. The Kier molecular flexibility index (Phi) is 8.57. The molecule has 3 aromatic carbocycles. The molecule has 0 spiro atoms. The van der Waals surface area contributed by atoms with Gasteiger partial charge in [-0.05, 0) is 46.7 Å². The third kappa shape index (κ3) is 8.32. The number of thiophene rings is 1. The molecule has 7 aromatic rings. The average Bonchev–Trinajstić information content (AvgIpc) is 3.52. The normalized spacial score (nSPS) is 14.8. The summed E-state index contributed by atoms with van der Waals surface area (Å²) in [6.45, 7) is -2.62. The van der Waals surface area contributed by atoms with Gasteiger partial charge in [-0.2, -0.15) is 11.3 Å². The maximum Gasteiger partial charge on any atom is 0.113 e. The zero-order valence-corrected chi connectivity index (χ0v) is 33.7. The number of hydrogen-bond acceptors (Lipinski definition) is 4. The van der Waals surface area contributed by atoms with Gasteiger partial charge < -0.3 is 4.98 Å². The summed E-state index contributed by atoms with van der Waals surface area (Å²) in [6, 6.07) is 28.2. The van der Waals surface area contributed by atoms with Crippen LogP contribution in [0.25, 0.3) is 53.9 Å². The van der Waals surface area contributed by atoms with Crippen LogP contribution in [0.2, 0.25) is 17.3 Å². The molecular weight excluding hydrogens is 874 g/mol. The van der Waals surface area contributed by atoms with Crippen LogP contribution in [-0.4, -0.2) is 28.2 Å². The summed E-state index contributed by atoms with van der Waals surface area (Å²) in [5, 5.41) is 1.74. The van der Waals surface area contributed by atoms with Gasteiger partial charge in [0.05, 0.1) is 0 Å². The summed E-state index contributed by atoms with van der Waals surface area (Å²) in [7, 11) is 0. The number of pyridine rings is 3. The Morgan fingerprint density at radius 3 is 2.34 bits per heavy atom. The van der Waals surface area contributed by atoms with E-state index in [0.29, 0.717) is 33.3 Å². The van der Waals surface area contributed by atoms with Crippen LogP contribution in [0.5, 0.6) is 0 Å². The summed E-state index contributed by atoms with van der Waals surface area (Å²) < 4.78 is 86.0. The molecule has 4 heterocycles. The zero-order chi connectivity index (χ0) is 42.4. The number of halogens is 1. The fourth-order valence-electron chi connectivity index (χ4n) is 5.84. The van der Waals surface area contributed by atoms with Gasteiger partial charge in [0.1, 0.15) is 4.83 Å². The summed E-state index contributed by atoms with van der Waals surface area (Å²) in [5.41, 5.74) is 4.68. The number of benzene rings is 3. The first kappa shape index (κ1) is 27.2. The molecule has 0 saturated heterocycles. The van der Waals surface area contributed by atoms with Crippen LogP contribution in [0, 0.1) is 44.4 Å². The smallest absolute Gasteiger partial charge is 0.113 e. The number of fused-ring (bicyclic) bond motifs is 3. The van der Waals surface area contributed by atoms with Gasteiger partial charge >= 0.3 is 140 Å². The molecule has 0 saturated carbocycles. The molecule has 0 aliphatic rings. The van der Waals surface area contributed by atoms with Crippen molar-refractivity contribution in [3.8, 4) is 33.6 Å². The first-order valence-electron chi connectivity index (χ1n) is 20.5. The van der Waals surface area contributed by atoms with Crippen LogP contribution in [0.4, 0.5) is 4.39 Å². The minimum atomic E-state index is -2.34. The predicted octanol–water partition coefficient (Wildman–Crippen LogP) is 11.3. The molecule has 0 N–H and O–H groups in total. The van der Waals surface area contributed by atoms with E-state index in [0.717, 1.165) is 33.5 Å². The molecule has 257 valence electrons. The van der Waals surface area contributed by atoms with Crippen molar-refractivity contribution in [1.29, 1.82) is 0 Å². The van der Waals surface area contributed by atoms with Gasteiger partial charge in [0.2, 0.25) is 0 Å². The third-order valence-corrected chi connectivity index (χ3v) is 13.6. The van der Waals surface area contributed by atoms with Crippen molar-refractivity contribution in [3.05, 3.63) is 132 Å². The molecule has 50 heavy (non-hydrogen) atoms. The molecule has 0 atom stereocenters. The second-order valence-corrected chi connectivity index (χ2v) is 25.0. The molecule has 1 radical (unpaired) electrons. The Morgan fingerprint density at radius 1 is 0.860 bits per heavy atom. The minimum Gasteiger partial charge on any atom is -0.304 e. The Labute approximate surface area is 328 Å². The molecule has 3 nitrogen and oxygen atoms in total. The van der Waals surface area contributed by atoms with Gasteiger partial charge in [0.15, 0.2) is 0 Å². The van der Waals surface area contributed by atoms with Crippen molar-refractivity contribution >= 4 is 49.3 Å². The van der Waals surface area contributed by atoms with Crippen molar-refractivity contribution in [1.82, 2.24) is 15.0 Å². The number of aryl methyl sites for hydroxylation is 3. The van der Waals surface area contributed by atoms with Crippen molar-refractivity contribution in [2.75, 3.05) is 0 Å². The second kappa shape index (κ2) is 15.8. The molecule has 7 rings (SSSR count). The van der Waals surface area contributed by atoms with Crippen molar-refractivity contribution < 1.29 is 36.8 Å². The van der Waals surface area contributed by atoms with Gasteiger partial charge in [-0.15, -0.1) is 23.8 Å². The van der Waals surface area contributed by atoms with E-state index >= 15 is 0 Å². The van der Waals surface area contributed by atoms with Gasteiger partial charge in [0.25, 0.3) is 0 Å². The monoisotopic (exact) mass is 927 g/mol. The first-order chi connectivity index (χ1) is 27.0. The molecule has 0 aliphatic heterocycles. The van der Waals surface area contributed by atoms with E-state index in [9.17, 15) is 4.39 Å². The summed E-state index contributed by atoms with van der Waals surface area (Å²) in [4.78, 5) is 14.0. The van der Waals surface area contributed by atoms with E-state index in [1.54, 1.807) is 24.4 Å². The van der Waals surface area contributed by atoms with Crippen molar-refractivity contribution in [2.45, 2.75) is 58.1 Å². The quantitative estimate of drug-likeness (QED) is 0.123. The van der Waals surface area contributed by atoms with E-state index < -0.39 is 39.6 Å². The predicted molar refractivity (Wildman–Crippen MR) is 209 cm³/mol. The maximum absolute atomic E-state index is 14.5. The summed E-state index contributed by atoms with van der Waals surface area (Å²) in [5.74, 6) is 6.85. The Morgan fingerprint density at radius 2 is 1.64 bits per heavy atom. The molecule has 0 bridgehead atoms. The Hall–Kier alpha value is -3.55. The zero-order valence-electron chi connectivity index (χ0n) is 37.4. The number of nitrogens with zero attached hydrogens (tertiary/aromatic N) is 3. The van der Waals surface area contributed by atoms with E-state index in [2.05, 4.69) is 58.2 Å². The van der Waals surface area contributed by atoms with Crippen LogP contribution >= 0.6 is 11.3 Å². The maximum atomic E-state index is 14.5. The third-order valence-electron chi connectivity index (χ3n) is 8.12. The minimum absolute atomic E-state index is 0. The van der Waals surface area contributed by atoms with E-state index in [1.807, 2.05) is 48.7 Å². The summed E-state index contributed by atoms with van der Waals surface area (Å²) >= 11 is -0.729. The Bertz CT molecular complexity index is 2600. The van der Waals surface area contributed by atoms with E-state index in [4.69, 9.17) is 12.3 Å². The second-order valence-electron chi connectivity index (χ2n) is 13.4. The molecule has 0 amide bonds. The average molecular weight is 926 g/mol.